The van der Waals surface area contributed by atoms with Crippen molar-refractivity contribution in [1.82, 2.24) is 10.2 Å². The Balaban J connectivity index is 2.03. The van der Waals surface area contributed by atoms with E-state index in [1.807, 2.05) is 0 Å². The molecule has 6 heteroatoms. The zero-order valence-electron chi connectivity index (χ0n) is 11.8. The number of hydrogen-bond acceptors (Lipinski definition) is 4. The van der Waals surface area contributed by atoms with Crippen LogP contribution in [0.25, 0.3) is 0 Å². The van der Waals surface area contributed by atoms with E-state index in [0.717, 1.165) is 19.5 Å². The van der Waals surface area contributed by atoms with Crippen LogP contribution in [0.4, 0.5) is 5.69 Å². The fourth-order valence-electron chi connectivity index (χ4n) is 2.77. The third kappa shape index (κ3) is 3.69. The molecule has 1 fully saturated rings. The van der Waals surface area contributed by atoms with Gasteiger partial charge in [-0.3, -0.25) is 10.1 Å². The summed E-state index contributed by atoms with van der Waals surface area (Å²) in [6.07, 6.45) is 1.06. The molecule has 1 N–H and O–H groups in total. The first kappa shape index (κ1) is 15.2. The van der Waals surface area contributed by atoms with Crippen molar-refractivity contribution in [3.05, 3.63) is 38.9 Å². The Hall–Kier alpha value is -1.17. The van der Waals surface area contributed by atoms with Crippen LogP contribution in [0.1, 0.15) is 18.9 Å². The van der Waals surface area contributed by atoms with E-state index in [1.54, 1.807) is 12.1 Å². The van der Waals surface area contributed by atoms with Crippen molar-refractivity contribution in [2.75, 3.05) is 20.1 Å². The summed E-state index contributed by atoms with van der Waals surface area (Å²) in [4.78, 5) is 13.0. The molecule has 110 valence electrons. The summed E-state index contributed by atoms with van der Waals surface area (Å²) in [5, 5.41) is 15.0. The Labute approximate surface area is 124 Å². The van der Waals surface area contributed by atoms with Crippen molar-refractivity contribution in [2.45, 2.75) is 25.9 Å². The average molecular weight is 298 g/mol. The van der Waals surface area contributed by atoms with Gasteiger partial charge >= 0.3 is 0 Å². The molecule has 0 radical (unpaired) electrons. The average Bonchev–Trinajstić information content (AvgIpc) is 2.37. The third-order valence-corrected chi connectivity index (χ3v) is 4.14. The number of rotatable bonds is 4. The lowest BCUT2D eigenvalue weighted by molar-refractivity contribution is -0.385. The SMILES string of the molecule is CC1CN(C)CCC1NCc1cc(Cl)ccc1[N+](=O)[O-]. The van der Waals surface area contributed by atoms with Gasteiger partial charge in [0.2, 0.25) is 0 Å². The largest absolute Gasteiger partial charge is 0.309 e. The van der Waals surface area contributed by atoms with E-state index in [0.29, 0.717) is 29.1 Å². The highest BCUT2D eigenvalue weighted by atomic mass is 35.5. The number of piperidine rings is 1. The molecule has 1 aromatic rings. The number of nitrogens with zero attached hydrogens (tertiary/aromatic N) is 2. The fourth-order valence-corrected chi connectivity index (χ4v) is 2.97. The second kappa shape index (κ2) is 6.52. The first-order valence-corrected chi connectivity index (χ1v) is 7.20. The van der Waals surface area contributed by atoms with Crippen LogP contribution >= 0.6 is 11.6 Å². The normalized spacial score (nSPS) is 23.8. The minimum absolute atomic E-state index is 0.127. The summed E-state index contributed by atoms with van der Waals surface area (Å²) >= 11 is 5.93. The molecule has 20 heavy (non-hydrogen) atoms. The van der Waals surface area contributed by atoms with Gasteiger partial charge in [0.15, 0.2) is 0 Å². The molecule has 0 spiro atoms. The van der Waals surface area contributed by atoms with Crippen LogP contribution < -0.4 is 5.32 Å². The third-order valence-electron chi connectivity index (χ3n) is 3.90. The Morgan fingerprint density at radius 2 is 2.30 bits per heavy atom. The molecular formula is C14H20ClN3O2. The Morgan fingerprint density at radius 3 is 2.95 bits per heavy atom. The van der Waals surface area contributed by atoms with Crippen molar-refractivity contribution < 1.29 is 4.92 Å². The number of nitrogens with one attached hydrogen (secondary N) is 1. The van der Waals surface area contributed by atoms with Gasteiger partial charge in [0.25, 0.3) is 5.69 Å². The van der Waals surface area contributed by atoms with Crippen LogP contribution in [0.2, 0.25) is 5.02 Å². The number of nitro benzene ring substituents is 1. The van der Waals surface area contributed by atoms with E-state index in [1.165, 1.54) is 6.07 Å². The Kier molecular flexibility index (Phi) is 4.96. The lowest BCUT2D eigenvalue weighted by atomic mass is 9.94. The summed E-state index contributed by atoms with van der Waals surface area (Å²) < 4.78 is 0. The maximum atomic E-state index is 11.0. The lowest BCUT2D eigenvalue weighted by Gasteiger charge is -2.35. The quantitative estimate of drug-likeness (QED) is 0.686. The number of benzene rings is 1. The van der Waals surface area contributed by atoms with Gasteiger partial charge in [-0.2, -0.15) is 0 Å². The van der Waals surface area contributed by atoms with Gasteiger partial charge in [0.1, 0.15) is 0 Å². The summed E-state index contributed by atoms with van der Waals surface area (Å²) in [6, 6.07) is 5.09. The van der Waals surface area contributed by atoms with E-state index < -0.39 is 0 Å². The van der Waals surface area contributed by atoms with Crippen molar-refractivity contribution >= 4 is 17.3 Å². The monoisotopic (exact) mass is 297 g/mol. The van der Waals surface area contributed by atoms with E-state index in [4.69, 9.17) is 11.6 Å². The Bertz CT molecular complexity index is 495. The Morgan fingerprint density at radius 1 is 1.55 bits per heavy atom. The molecule has 5 nitrogen and oxygen atoms in total. The standard InChI is InChI=1S/C14H20ClN3O2/c1-10-9-17(2)6-5-13(10)16-8-11-7-12(15)3-4-14(11)18(19)20/h3-4,7,10,13,16H,5-6,8-9H2,1-2H3. The maximum Gasteiger partial charge on any atom is 0.273 e. The molecule has 0 aliphatic carbocycles. The number of hydrogen-bond donors (Lipinski definition) is 1. The van der Waals surface area contributed by atoms with E-state index in [2.05, 4.69) is 24.2 Å². The summed E-state index contributed by atoms with van der Waals surface area (Å²) in [6.45, 7) is 4.80. The zero-order chi connectivity index (χ0) is 14.7. The molecule has 1 heterocycles. The molecule has 0 saturated carbocycles. The van der Waals surface area contributed by atoms with Crippen molar-refractivity contribution in [1.29, 1.82) is 0 Å². The number of likely N-dealkylation sites (tertiary alicyclic amines) is 1. The van der Waals surface area contributed by atoms with Crippen LogP contribution in [0.5, 0.6) is 0 Å². The van der Waals surface area contributed by atoms with E-state index in [-0.39, 0.29) is 10.6 Å². The molecule has 1 aromatic carbocycles. The first-order chi connectivity index (χ1) is 9.47. The minimum Gasteiger partial charge on any atom is -0.309 e. The summed E-state index contributed by atoms with van der Waals surface area (Å²) in [7, 11) is 2.12. The molecule has 1 aliphatic rings. The summed E-state index contributed by atoms with van der Waals surface area (Å²) in [5.74, 6) is 0.534. The highest BCUT2D eigenvalue weighted by Gasteiger charge is 2.24. The maximum absolute atomic E-state index is 11.0. The van der Waals surface area contributed by atoms with Gasteiger partial charge in [-0.25, -0.2) is 0 Å². The van der Waals surface area contributed by atoms with Crippen molar-refractivity contribution in [2.24, 2.45) is 5.92 Å². The minimum atomic E-state index is -0.356. The lowest BCUT2D eigenvalue weighted by Crippen LogP contribution is -2.46. The van der Waals surface area contributed by atoms with Gasteiger partial charge in [-0.15, -0.1) is 0 Å². The second-order valence-electron chi connectivity index (χ2n) is 5.55. The fraction of sp³-hybridized carbons (Fsp3) is 0.571. The molecule has 2 atom stereocenters. The van der Waals surface area contributed by atoms with Crippen LogP contribution in [-0.4, -0.2) is 36.0 Å². The molecule has 0 amide bonds. The second-order valence-corrected chi connectivity index (χ2v) is 5.98. The molecule has 1 aliphatic heterocycles. The molecule has 2 unspecified atom stereocenters. The zero-order valence-corrected chi connectivity index (χ0v) is 12.6. The van der Waals surface area contributed by atoms with Crippen molar-refractivity contribution in [3.63, 3.8) is 0 Å². The predicted molar refractivity (Wildman–Crippen MR) is 80.0 cm³/mol. The van der Waals surface area contributed by atoms with Gasteiger partial charge in [0.05, 0.1) is 4.92 Å². The molecular weight excluding hydrogens is 278 g/mol. The molecule has 1 saturated heterocycles. The topological polar surface area (TPSA) is 58.4 Å². The highest BCUT2D eigenvalue weighted by Crippen LogP contribution is 2.23. The molecule has 0 bridgehead atoms. The smallest absolute Gasteiger partial charge is 0.273 e. The van der Waals surface area contributed by atoms with Crippen LogP contribution in [0.3, 0.4) is 0 Å². The number of nitro groups is 1. The van der Waals surface area contributed by atoms with Crippen LogP contribution in [-0.2, 0) is 6.54 Å². The summed E-state index contributed by atoms with van der Waals surface area (Å²) in [5.41, 5.74) is 0.774. The molecule has 0 aromatic heterocycles. The predicted octanol–water partition coefficient (Wildman–Crippen LogP) is 2.68. The van der Waals surface area contributed by atoms with Gasteiger partial charge in [-0.1, -0.05) is 18.5 Å². The van der Waals surface area contributed by atoms with Gasteiger partial charge in [-0.05, 0) is 38.1 Å². The van der Waals surface area contributed by atoms with Crippen molar-refractivity contribution in [3.8, 4) is 0 Å². The highest BCUT2D eigenvalue weighted by molar-refractivity contribution is 6.30. The molecule has 2 rings (SSSR count). The number of halogens is 1. The van der Waals surface area contributed by atoms with Gasteiger partial charge < -0.3 is 10.2 Å². The van der Waals surface area contributed by atoms with Crippen LogP contribution in [0.15, 0.2) is 18.2 Å². The van der Waals surface area contributed by atoms with Crippen LogP contribution in [0, 0.1) is 16.0 Å². The van der Waals surface area contributed by atoms with E-state index >= 15 is 0 Å². The van der Waals surface area contributed by atoms with E-state index in [9.17, 15) is 10.1 Å². The van der Waals surface area contributed by atoms with Gasteiger partial charge in [0, 0.05) is 35.8 Å². The first-order valence-electron chi connectivity index (χ1n) is 6.82.